The van der Waals surface area contributed by atoms with Crippen LogP contribution in [-0.4, -0.2) is 30.3 Å². The topological polar surface area (TPSA) is 76.2 Å². The second kappa shape index (κ2) is 6.05. The second-order valence-corrected chi connectivity index (χ2v) is 4.86. The average molecular weight is 310 g/mol. The molecule has 2 aromatic rings. The van der Waals surface area contributed by atoms with E-state index in [0.29, 0.717) is 39.2 Å². The minimum Gasteiger partial charge on any atom is -0.495 e. The molecule has 2 rings (SSSR count). The molecule has 0 fully saturated rings. The summed E-state index contributed by atoms with van der Waals surface area (Å²) in [6, 6.07) is 3.20. The molecule has 0 spiro atoms. The minimum absolute atomic E-state index is 0.276. The van der Waals surface area contributed by atoms with Crippen LogP contribution < -0.4 is 14.8 Å². The zero-order chi connectivity index (χ0) is 15.6. The number of anilines is 1. The summed E-state index contributed by atoms with van der Waals surface area (Å²) >= 11 is 6.03. The van der Waals surface area contributed by atoms with E-state index in [2.05, 4.69) is 15.5 Å². The van der Waals surface area contributed by atoms with Gasteiger partial charge in [0.2, 0.25) is 0 Å². The second-order valence-electron chi connectivity index (χ2n) is 4.45. The number of nitrogens with zero attached hydrogens (tertiary/aromatic N) is 1. The van der Waals surface area contributed by atoms with Crippen molar-refractivity contribution in [3.63, 3.8) is 0 Å². The van der Waals surface area contributed by atoms with Crippen LogP contribution in [0.15, 0.2) is 12.1 Å². The lowest BCUT2D eigenvalue weighted by molar-refractivity contribution is 0.102. The minimum atomic E-state index is -0.276. The van der Waals surface area contributed by atoms with Crippen molar-refractivity contribution < 1.29 is 14.3 Å². The van der Waals surface area contributed by atoms with E-state index in [4.69, 9.17) is 21.1 Å². The van der Waals surface area contributed by atoms with Gasteiger partial charge in [0.1, 0.15) is 11.5 Å². The van der Waals surface area contributed by atoms with E-state index in [9.17, 15) is 4.79 Å². The molecule has 0 bridgehead atoms. The summed E-state index contributed by atoms with van der Waals surface area (Å²) in [5.74, 6) is 0.628. The van der Waals surface area contributed by atoms with Crippen molar-refractivity contribution in [3.8, 4) is 11.5 Å². The zero-order valence-corrected chi connectivity index (χ0v) is 13.0. The molecule has 1 amide bonds. The Balaban J connectivity index is 2.37. The molecule has 21 heavy (non-hydrogen) atoms. The highest BCUT2D eigenvalue weighted by molar-refractivity contribution is 6.32. The zero-order valence-electron chi connectivity index (χ0n) is 12.2. The maximum absolute atomic E-state index is 12.4. The molecule has 1 aromatic carbocycles. The fraction of sp³-hybridized carbons (Fsp3) is 0.286. The number of carbonyl (C=O) groups is 1. The molecule has 0 saturated carbocycles. The number of ether oxygens (including phenoxy) is 2. The van der Waals surface area contributed by atoms with Crippen LogP contribution in [0.3, 0.4) is 0 Å². The molecule has 0 unspecified atom stereocenters. The van der Waals surface area contributed by atoms with E-state index in [-0.39, 0.29) is 5.91 Å². The van der Waals surface area contributed by atoms with Gasteiger partial charge in [-0.2, -0.15) is 5.10 Å². The molecule has 0 atom stereocenters. The number of carbonyl (C=O) groups excluding carboxylic acids is 1. The Kier molecular flexibility index (Phi) is 4.37. The molecule has 0 radical (unpaired) electrons. The van der Waals surface area contributed by atoms with Gasteiger partial charge < -0.3 is 14.8 Å². The number of aryl methyl sites for hydroxylation is 2. The summed E-state index contributed by atoms with van der Waals surface area (Å²) in [4.78, 5) is 12.4. The van der Waals surface area contributed by atoms with Crippen molar-refractivity contribution in [2.24, 2.45) is 0 Å². The number of methoxy groups -OCH3 is 2. The van der Waals surface area contributed by atoms with Crippen LogP contribution in [0.5, 0.6) is 11.5 Å². The maximum Gasteiger partial charge on any atom is 0.259 e. The number of amides is 1. The van der Waals surface area contributed by atoms with Crippen LogP contribution >= 0.6 is 11.6 Å². The Morgan fingerprint density at radius 1 is 1.24 bits per heavy atom. The highest BCUT2D eigenvalue weighted by atomic mass is 35.5. The first-order valence-corrected chi connectivity index (χ1v) is 6.60. The lowest BCUT2D eigenvalue weighted by atomic mass is 10.1. The van der Waals surface area contributed by atoms with Crippen LogP contribution in [0.4, 0.5) is 5.69 Å². The normalized spacial score (nSPS) is 10.3. The predicted octanol–water partition coefficient (Wildman–Crippen LogP) is 2.95. The summed E-state index contributed by atoms with van der Waals surface area (Å²) in [6.45, 7) is 3.55. The summed E-state index contributed by atoms with van der Waals surface area (Å²) in [5, 5.41) is 9.97. The average Bonchev–Trinajstić information content (AvgIpc) is 2.79. The largest absolute Gasteiger partial charge is 0.495 e. The van der Waals surface area contributed by atoms with E-state index >= 15 is 0 Å². The Bertz CT molecular complexity index is 663. The molecule has 0 aliphatic rings. The van der Waals surface area contributed by atoms with Crippen LogP contribution in [0.25, 0.3) is 0 Å². The van der Waals surface area contributed by atoms with Gasteiger partial charge in [-0.15, -0.1) is 0 Å². The molecule has 7 heteroatoms. The van der Waals surface area contributed by atoms with Gasteiger partial charge in [0, 0.05) is 17.8 Å². The summed E-state index contributed by atoms with van der Waals surface area (Å²) in [7, 11) is 3.01. The standard InChI is InChI=1S/C14H16ClN3O3/c1-7-13(8(2)18-17-7)14(19)16-10-6-11(20-3)9(15)5-12(10)21-4/h5-6H,1-4H3,(H,16,19)(H,17,18). The SMILES string of the molecule is COc1cc(NC(=O)c2c(C)n[nH]c2C)c(OC)cc1Cl. The van der Waals surface area contributed by atoms with E-state index in [0.717, 1.165) is 0 Å². The van der Waals surface area contributed by atoms with Crippen molar-refractivity contribution in [2.45, 2.75) is 13.8 Å². The smallest absolute Gasteiger partial charge is 0.259 e. The third-order valence-electron chi connectivity index (χ3n) is 3.08. The molecule has 2 N–H and O–H groups in total. The fourth-order valence-electron chi connectivity index (χ4n) is 2.03. The Hall–Kier alpha value is -2.21. The highest BCUT2D eigenvalue weighted by Gasteiger charge is 2.18. The number of rotatable bonds is 4. The van der Waals surface area contributed by atoms with Crippen LogP contribution in [0.1, 0.15) is 21.7 Å². The van der Waals surface area contributed by atoms with Crippen molar-refractivity contribution in [2.75, 3.05) is 19.5 Å². The summed E-state index contributed by atoms with van der Waals surface area (Å²) in [5.41, 5.74) is 2.31. The lowest BCUT2D eigenvalue weighted by Gasteiger charge is -2.13. The highest BCUT2D eigenvalue weighted by Crippen LogP contribution is 2.36. The predicted molar refractivity (Wildman–Crippen MR) is 80.6 cm³/mol. The first-order valence-electron chi connectivity index (χ1n) is 6.22. The Morgan fingerprint density at radius 3 is 2.43 bits per heavy atom. The van der Waals surface area contributed by atoms with Gasteiger partial charge in [0.05, 0.1) is 36.2 Å². The Labute approximate surface area is 127 Å². The molecule has 112 valence electrons. The van der Waals surface area contributed by atoms with E-state index in [1.165, 1.54) is 14.2 Å². The number of benzene rings is 1. The number of hydrogen-bond donors (Lipinski definition) is 2. The van der Waals surface area contributed by atoms with E-state index < -0.39 is 0 Å². The van der Waals surface area contributed by atoms with Gasteiger partial charge in [-0.25, -0.2) is 0 Å². The van der Waals surface area contributed by atoms with Crippen molar-refractivity contribution in [1.82, 2.24) is 10.2 Å². The monoisotopic (exact) mass is 309 g/mol. The van der Waals surface area contributed by atoms with E-state index in [1.54, 1.807) is 26.0 Å². The summed E-state index contributed by atoms with van der Waals surface area (Å²) < 4.78 is 10.4. The van der Waals surface area contributed by atoms with Gasteiger partial charge in [0.25, 0.3) is 5.91 Å². The maximum atomic E-state index is 12.4. The molecule has 6 nitrogen and oxygen atoms in total. The molecular weight excluding hydrogens is 294 g/mol. The molecule has 1 aromatic heterocycles. The molecule has 0 aliphatic carbocycles. The third-order valence-corrected chi connectivity index (χ3v) is 3.37. The van der Waals surface area contributed by atoms with Gasteiger partial charge in [-0.3, -0.25) is 9.89 Å². The van der Waals surface area contributed by atoms with Crippen LogP contribution in [0.2, 0.25) is 5.02 Å². The van der Waals surface area contributed by atoms with Gasteiger partial charge >= 0.3 is 0 Å². The molecule has 0 aliphatic heterocycles. The number of hydrogen-bond acceptors (Lipinski definition) is 4. The van der Waals surface area contributed by atoms with Gasteiger partial charge in [-0.1, -0.05) is 11.6 Å². The Morgan fingerprint density at radius 2 is 1.90 bits per heavy atom. The number of aromatic amines is 1. The first-order chi connectivity index (χ1) is 9.97. The first kappa shape index (κ1) is 15.2. The van der Waals surface area contributed by atoms with Crippen molar-refractivity contribution >= 4 is 23.2 Å². The van der Waals surface area contributed by atoms with Gasteiger partial charge in [0.15, 0.2) is 0 Å². The third kappa shape index (κ3) is 2.95. The molecule has 1 heterocycles. The molecular formula is C14H16ClN3O3. The number of nitrogens with one attached hydrogen (secondary N) is 2. The molecule has 0 saturated heterocycles. The fourth-order valence-corrected chi connectivity index (χ4v) is 2.26. The lowest BCUT2D eigenvalue weighted by Crippen LogP contribution is -2.14. The van der Waals surface area contributed by atoms with Crippen molar-refractivity contribution in [1.29, 1.82) is 0 Å². The number of H-pyrrole nitrogens is 1. The van der Waals surface area contributed by atoms with E-state index in [1.807, 2.05) is 0 Å². The number of halogens is 1. The van der Waals surface area contributed by atoms with Crippen LogP contribution in [0, 0.1) is 13.8 Å². The van der Waals surface area contributed by atoms with Crippen LogP contribution in [-0.2, 0) is 0 Å². The quantitative estimate of drug-likeness (QED) is 0.910. The summed E-state index contributed by atoms with van der Waals surface area (Å²) in [6.07, 6.45) is 0. The number of aromatic nitrogens is 2. The van der Waals surface area contributed by atoms with Crippen molar-refractivity contribution in [3.05, 3.63) is 34.1 Å². The van der Waals surface area contributed by atoms with Gasteiger partial charge in [-0.05, 0) is 13.8 Å².